The predicted octanol–water partition coefficient (Wildman–Crippen LogP) is 0.994. The first-order valence-corrected chi connectivity index (χ1v) is 4.30. The number of ether oxygens (including phenoxy) is 1. The third kappa shape index (κ3) is 2.83. The molecule has 0 saturated heterocycles. The molecule has 1 aromatic rings. The average molecular weight is 195 g/mol. The Morgan fingerprint density at radius 1 is 1.43 bits per heavy atom. The largest absolute Gasteiger partial charge is 0.384 e. The van der Waals surface area contributed by atoms with Gasteiger partial charge in [-0.3, -0.25) is 10.0 Å². The summed E-state index contributed by atoms with van der Waals surface area (Å²) in [5, 5.41) is 8.38. The van der Waals surface area contributed by atoms with Gasteiger partial charge in [-0.15, -0.1) is 0 Å². The van der Waals surface area contributed by atoms with Gasteiger partial charge in [-0.2, -0.15) is 0 Å². The maximum atomic E-state index is 11.0. The molecule has 0 fully saturated rings. The lowest BCUT2D eigenvalue weighted by atomic mass is 10.1. The maximum Gasteiger partial charge on any atom is 0.274 e. The molecule has 0 heterocycles. The molecule has 0 unspecified atom stereocenters. The van der Waals surface area contributed by atoms with Gasteiger partial charge < -0.3 is 4.74 Å². The lowest BCUT2D eigenvalue weighted by Crippen LogP contribution is -2.18. The molecule has 0 saturated carbocycles. The van der Waals surface area contributed by atoms with E-state index in [9.17, 15) is 4.79 Å². The topological polar surface area (TPSA) is 58.6 Å². The van der Waals surface area contributed by atoms with Crippen molar-refractivity contribution in [3.05, 3.63) is 35.4 Å². The Labute approximate surface area is 82.5 Å². The summed E-state index contributed by atoms with van der Waals surface area (Å²) >= 11 is 0. The number of carbonyl (C=O) groups excluding carboxylic acids is 1. The van der Waals surface area contributed by atoms with Crippen LogP contribution in [0.2, 0.25) is 0 Å². The second kappa shape index (κ2) is 5.36. The summed E-state index contributed by atoms with van der Waals surface area (Å²) in [7, 11) is 1.65. The minimum atomic E-state index is -0.497. The van der Waals surface area contributed by atoms with Gasteiger partial charge in [0.2, 0.25) is 0 Å². The lowest BCUT2D eigenvalue weighted by Gasteiger charge is -2.02. The van der Waals surface area contributed by atoms with E-state index in [-0.39, 0.29) is 0 Å². The first-order chi connectivity index (χ1) is 6.77. The molecule has 0 spiro atoms. The molecule has 4 nitrogen and oxygen atoms in total. The van der Waals surface area contributed by atoms with E-state index in [1.807, 2.05) is 12.1 Å². The third-order valence-electron chi connectivity index (χ3n) is 1.91. The van der Waals surface area contributed by atoms with E-state index in [2.05, 4.69) is 0 Å². The minimum Gasteiger partial charge on any atom is -0.384 e. The summed E-state index contributed by atoms with van der Waals surface area (Å²) in [6.07, 6.45) is 0.817. The number of carbonyl (C=O) groups is 1. The summed E-state index contributed by atoms with van der Waals surface area (Å²) in [5.41, 5.74) is 3.12. The van der Waals surface area contributed by atoms with E-state index in [0.29, 0.717) is 12.2 Å². The SMILES string of the molecule is COCCc1ccc(C(=O)NO)cc1. The van der Waals surface area contributed by atoms with Crippen molar-refractivity contribution in [3.8, 4) is 0 Å². The first-order valence-electron chi connectivity index (χ1n) is 4.30. The Morgan fingerprint density at radius 3 is 2.57 bits per heavy atom. The zero-order valence-electron chi connectivity index (χ0n) is 7.99. The van der Waals surface area contributed by atoms with Crippen LogP contribution in [0.5, 0.6) is 0 Å². The van der Waals surface area contributed by atoms with E-state index in [4.69, 9.17) is 9.94 Å². The van der Waals surface area contributed by atoms with Crippen molar-refractivity contribution in [2.75, 3.05) is 13.7 Å². The number of amides is 1. The normalized spacial score (nSPS) is 9.86. The van der Waals surface area contributed by atoms with Crippen LogP contribution in [0, 0.1) is 0 Å². The predicted molar refractivity (Wildman–Crippen MR) is 51.3 cm³/mol. The van der Waals surface area contributed by atoms with Crippen LogP contribution in [0.1, 0.15) is 15.9 Å². The second-order valence-corrected chi connectivity index (χ2v) is 2.88. The van der Waals surface area contributed by atoms with Crippen LogP contribution in [0.3, 0.4) is 0 Å². The number of methoxy groups -OCH3 is 1. The average Bonchev–Trinajstić information content (AvgIpc) is 2.26. The molecule has 0 atom stereocenters. The highest BCUT2D eigenvalue weighted by Crippen LogP contribution is 2.05. The van der Waals surface area contributed by atoms with E-state index >= 15 is 0 Å². The van der Waals surface area contributed by atoms with Crippen LogP contribution in [0.25, 0.3) is 0 Å². The molecule has 0 aliphatic carbocycles. The molecule has 1 amide bonds. The fourth-order valence-corrected chi connectivity index (χ4v) is 1.11. The van der Waals surface area contributed by atoms with Crippen LogP contribution in [0.15, 0.2) is 24.3 Å². The van der Waals surface area contributed by atoms with Crippen molar-refractivity contribution in [2.45, 2.75) is 6.42 Å². The minimum absolute atomic E-state index is 0.439. The Hall–Kier alpha value is -1.39. The zero-order valence-corrected chi connectivity index (χ0v) is 7.99. The molecule has 1 aromatic carbocycles. The number of hydrogen-bond donors (Lipinski definition) is 2. The summed E-state index contributed by atoms with van der Waals surface area (Å²) in [6.45, 7) is 0.658. The van der Waals surface area contributed by atoms with Crippen molar-refractivity contribution >= 4 is 5.91 Å². The molecule has 0 aliphatic heterocycles. The van der Waals surface area contributed by atoms with Crippen molar-refractivity contribution in [1.82, 2.24) is 5.48 Å². The molecule has 4 heteroatoms. The molecule has 0 aliphatic rings. The molecular formula is C10H13NO3. The Kier molecular flexibility index (Phi) is 4.10. The first kappa shape index (κ1) is 10.7. The van der Waals surface area contributed by atoms with Crippen LogP contribution in [-0.2, 0) is 11.2 Å². The fourth-order valence-electron chi connectivity index (χ4n) is 1.11. The van der Waals surface area contributed by atoms with Gasteiger partial charge in [0.25, 0.3) is 5.91 Å². The van der Waals surface area contributed by atoms with Gasteiger partial charge in [-0.05, 0) is 24.1 Å². The quantitative estimate of drug-likeness (QED) is 0.556. The van der Waals surface area contributed by atoms with E-state index in [0.717, 1.165) is 12.0 Å². The molecule has 1 rings (SSSR count). The van der Waals surface area contributed by atoms with Crippen LogP contribution < -0.4 is 5.48 Å². The van der Waals surface area contributed by atoms with Gasteiger partial charge in [0.05, 0.1) is 6.61 Å². The number of hydroxylamine groups is 1. The zero-order chi connectivity index (χ0) is 10.4. The van der Waals surface area contributed by atoms with Gasteiger partial charge in [-0.1, -0.05) is 12.1 Å². The molecule has 0 bridgehead atoms. The van der Waals surface area contributed by atoms with Crippen LogP contribution in [-0.4, -0.2) is 24.8 Å². The molecule has 0 radical (unpaired) electrons. The number of rotatable bonds is 4. The van der Waals surface area contributed by atoms with Crippen molar-refractivity contribution in [3.63, 3.8) is 0 Å². The number of benzene rings is 1. The van der Waals surface area contributed by atoms with E-state index in [1.165, 1.54) is 0 Å². The fraction of sp³-hybridized carbons (Fsp3) is 0.300. The Morgan fingerprint density at radius 2 is 2.07 bits per heavy atom. The van der Waals surface area contributed by atoms with E-state index in [1.54, 1.807) is 24.7 Å². The van der Waals surface area contributed by atoms with Gasteiger partial charge in [-0.25, -0.2) is 5.48 Å². The summed E-state index contributed by atoms with van der Waals surface area (Å²) in [5.74, 6) is -0.497. The highest BCUT2D eigenvalue weighted by atomic mass is 16.5. The standard InChI is InChI=1S/C10H13NO3/c1-14-7-6-8-2-4-9(5-3-8)10(12)11-13/h2-5,13H,6-7H2,1H3,(H,11,12). The summed E-state index contributed by atoms with van der Waals surface area (Å²) in [6, 6.07) is 7.00. The van der Waals surface area contributed by atoms with Gasteiger partial charge in [0.15, 0.2) is 0 Å². The highest BCUT2D eigenvalue weighted by Gasteiger charge is 2.02. The molecular weight excluding hydrogens is 182 g/mol. The molecule has 2 N–H and O–H groups in total. The highest BCUT2D eigenvalue weighted by molar-refractivity contribution is 5.93. The number of hydrogen-bond acceptors (Lipinski definition) is 3. The van der Waals surface area contributed by atoms with Crippen molar-refractivity contribution in [1.29, 1.82) is 0 Å². The Bertz CT molecular complexity index is 295. The lowest BCUT2D eigenvalue weighted by molar-refractivity contribution is 0.0706. The molecule has 76 valence electrons. The smallest absolute Gasteiger partial charge is 0.274 e. The van der Waals surface area contributed by atoms with Gasteiger partial charge in [0.1, 0.15) is 0 Å². The third-order valence-corrected chi connectivity index (χ3v) is 1.91. The van der Waals surface area contributed by atoms with Crippen molar-refractivity contribution in [2.24, 2.45) is 0 Å². The number of nitrogens with one attached hydrogen (secondary N) is 1. The van der Waals surface area contributed by atoms with Gasteiger partial charge >= 0.3 is 0 Å². The van der Waals surface area contributed by atoms with E-state index < -0.39 is 5.91 Å². The van der Waals surface area contributed by atoms with Crippen LogP contribution >= 0.6 is 0 Å². The Balaban J connectivity index is 2.63. The monoisotopic (exact) mass is 195 g/mol. The molecule has 14 heavy (non-hydrogen) atoms. The second-order valence-electron chi connectivity index (χ2n) is 2.88. The van der Waals surface area contributed by atoms with Crippen molar-refractivity contribution < 1.29 is 14.7 Å². The summed E-state index contributed by atoms with van der Waals surface area (Å²) < 4.78 is 4.93. The molecule has 0 aromatic heterocycles. The van der Waals surface area contributed by atoms with Gasteiger partial charge in [0, 0.05) is 12.7 Å². The maximum absolute atomic E-state index is 11.0. The summed E-state index contributed by atoms with van der Waals surface area (Å²) in [4.78, 5) is 11.0. The van der Waals surface area contributed by atoms with Crippen LogP contribution in [0.4, 0.5) is 0 Å².